The second-order valence-electron chi connectivity index (χ2n) is 14.5. The quantitative estimate of drug-likeness (QED) is 0.333. The van der Waals surface area contributed by atoms with E-state index < -0.39 is 6.10 Å². The predicted molar refractivity (Wildman–Crippen MR) is 157 cm³/mol. The Hall–Kier alpha value is -2.37. The van der Waals surface area contributed by atoms with E-state index in [9.17, 15) is 9.59 Å². The molecule has 2 N–H and O–H groups in total. The molecular weight excluding hydrogens is 498 g/mol. The van der Waals surface area contributed by atoms with Crippen LogP contribution in [0.2, 0.25) is 0 Å². The van der Waals surface area contributed by atoms with Crippen LogP contribution in [0.25, 0.3) is 11.0 Å². The largest absolute Gasteiger partial charge is 0.452 e. The first-order chi connectivity index (χ1) is 19.5. The van der Waals surface area contributed by atoms with Crippen LogP contribution in [-0.2, 0) is 20.7 Å². The minimum atomic E-state index is -0.698. The summed E-state index contributed by atoms with van der Waals surface area (Å²) in [5.74, 6) is 3.92. The van der Waals surface area contributed by atoms with Crippen LogP contribution < -0.4 is 5.32 Å². The molecule has 6 heteroatoms. The average Bonchev–Trinajstić information content (AvgIpc) is 3.33. The van der Waals surface area contributed by atoms with Crippen molar-refractivity contribution in [1.29, 1.82) is 0 Å². The van der Waals surface area contributed by atoms with Gasteiger partial charge >= 0.3 is 5.97 Å². The number of benzene rings is 1. The molecule has 216 valence electrons. The van der Waals surface area contributed by atoms with Crippen LogP contribution in [0.3, 0.4) is 0 Å². The Morgan fingerprint density at radius 1 is 0.900 bits per heavy atom. The fraction of sp³-hybridized carbons (Fsp3) is 0.735. The molecule has 6 fully saturated rings. The number of carbonyl (C=O) groups excluding carboxylic acids is 2. The lowest BCUT2D eigenvalue weighted by Gasteiger charge is -2.58. The first-order valence-electron chi connectivity index (χ1n) is 16.5. The van der Waals surface area contributed by atoms with Gasteiger partial charge in [0.25, 0.3) is 5.91 Å². The predicted octanol–water partition coefficient (Wildman–Crippen LogP) is 7.72. The highest BCUT2D eigenvalue weighted by molar-refractivity contribution is 5.97. The summed E-state index contributed by atoms with van der Waals surface area (Å²) in [4.78, 5) is 35.7. The van der Waals surface area contributed by atoms with Crippen LogP contribution in [0.4, 0.5) is 5.69 Å². The SMILES string of the molecule is O=C(CC1CCCCC1)OC(C(=O)Nc1ccc2nc(CC3CCCCC3)[nH]c2c1)C12CC3CC(CC(C3)C1)C2. The van der Waals surface area contributed by atoms with E-state index >= 15 is 0 Å². The zero-order valence-corrected chi connectivity index (χ0v) is 24.1. The number of carbonyl (C=O) groups is 2. The van der Waals surface area contributed by atoms with Crippen molar-refractivity contribution in [3.8, 4) is 0 Å². The van der Waals surface area contributed by atoms with Gasteiger partial charge in [-0.25, -0.2) is 4.98 Å². The number of aromatic nitrogens is 2. The number of nitrogens with zero attached hydrogens (tertiary/aromatic N) is 1. The number of rotatable bonds is 8. The van der Waals surface area contributed by atoms with Gasteiger partial charge in [0, 0.05) is 23.9 Å². The van der Waals surface area contributed by atoms with E-state index in [1.165, 1.54) is 70.6 Å². The molecule has 0 saturated heterocycles. The zero-order valence-electron chi connectivity index (χ0n) is 24.1. The summed E-state index contributed by atoms with van der Waals surface area (Å²) in [5, 5.41) is 3.19. The van der Waals surface area contributed by atoms with Gasteiger partial charge in [-0.1, -0.05) is 51.4 Å². The van der Waals surface area contributed by atoms with E-state index in [4.69, 9.17) is 9.72 Å². The third kappa shape index (κ3) is 5.56. The summed E-state index contributed by atoms with van der Waals surface area (Å²) in [6, 6.07) is 5.96. The van der Waals surface area contributed by atoms with E-state index in [1.54, 1.807) is 0 Å². The summed E-state index contributed by atoms with van der Waals surface area (Å²) >= 11 is 0. The molecule has 1 aromatic carbocycles. The molecule has 2 aromatic rings. The molecule has 1 heterocycles. The maximum Gasteiger partial charge on any atom is 0.306 e. The molecule has 6 saturated carbocycles. The van der Waals surface area contributed by atoms with Crippen LogP contribution >= 0.6 is 0 Å². The highest BCUT2D eigenvalue weighted by Crippen LogP contribution is 2.62. The van der Waals surface area contributed by atoms with Crippen molar-refractivity contribution in [3.05, 3.63) is 24.0 Å². The number of H-pyrrole nitrogens is 1. The first-order valence-corrected chi connectivity index (χ1v) is 16.5. The van der Waals surface area contributed by atoms with Gasteiger partial charge in [0.05, 0.1) is 11.0 Å². The number of hydrogen-bond acceptors (Lipinski definition) is 4. The van der Waals surface area contributed by atoms with Gasteiger partial charge in [-0.05, 0) is 99.2 Å². The molecule has 6 nitrogen and oxygen atoms in total. The van der Waals surface area contributed by atoms with Crippen LogP contribution in [-0.4, -0.2) is 27.9 Å². The Balaban J connectivity index is 1.09. The van der Waals surface area contributed by atoms with Crippen molar-refractivity contribution in [2.24, 2.45) is 35.0 Å². The fourth-order valence-electron chi connectivity index (χ4n) is 9.87. The molecule has 6 aliphatic carbocycles. The highest BCUT2D eigenvalue weighted by Gasteiger charge is 2.57. The normalized spacial score (nSPS) is 31.4. The molecule has 40 heavy (non-hydrogen) atoms. The zero-order chi connectivity index (χ0) is 27.1. The number of fused-ring (bicyclic) bond motifs is 1. The smallest absolute Gasteiger partial charge is 0.306 e. The van der Waals surface area contributed by atoms with Crippen LogP contribution in [0, 0.1) is 35.0 Å². The standard InChI is InChI=1S/C34H47N3O3/c38-31(17-23-9-5-2-6-10-23)40-32(34-19-24-13-25(20-34)15-26(14-24)21-34)33(39)35-27-11-12-28-29(18-27)37-30(36-28)16-22-7-3-1-4-8-22/h11-12,18,22-26,32H,1-10,13-17,19-21H2,(H,35,39)(H,36,37). The third-order valence-corrected chi connectivity index (χ3v) is 11.3. The maximum atomic E-state index is 14.0. The van der Waals surface area contributed by atoms with Gasteiger partial charge < -0.3 is 15.0 Å². The molecule has 1 atom stereocenters. The minimum absolute atomic E-state index is 0.139. The lowest BCUT2D eigenvalue weighted by atomic mass is 9.48. The fourth-order valence-corrected chi connectivity index (χ4v) is 9.87. The van der Waals surface area contributed by atoms with Gasteiger partial charge in [-0.2, -0.15) is 0 Å². The minimum Gasteiger partial charge on any atom is -0.452 e. The second-order valence-corrected chi connectivity index (χ2v) is 14.5. The molecule has 4 bridgehead atoms. The van der Waals surface area contributed by atoms with E-state index in [-0.39, 0.29) is 17.3 Å². The summed E-state index contributed by atoms with van der Waals surface area (Å²) in [6.45, 7) is 0. The van der Waals surface area contributed by atoms with Crippen molar-refractivity contribution in [2.45, 2.75) is 122 Å². The molecule has 1 unspecified atom stereocenters. The molecule has 1 aromatic heterocycles. The van der Waals surface area contributed by atoms with Gasteiger partial charge in [0.15, 0.2) is 6.10 Å². The van der Waals surface area contributed by atoms with Gasteiger partial charge in [-0.15, -0.1) is 0 Å². The number of esters is 1. The Labute approximate surface area is 238 Å². The van der Waals surface area contributed by atoms with Crippen LogP contribution in [0.1, 0.15) is 115 Å². The van der Waals surface area contributed by atoms with Crippen molar-refractivity contribution in [1.82, 2.24) is 9.97 Å². The molecule has 1 amide bonds. The number of ether oxygens (including phenoxy) is 1. The van der Waals surface area contributed by atoms with Crippen molar-refractivity contribution >= 4 is 28.6 Å². The van der Waals surface area contributed by atoms with E-state index in [1.807, 2.05) is 18.2 Å². The maximum absolute atomic E-state index is 14.0. The lowest BCUT2D eigenvalue weighted by molar-refractivity contribution is -0.179. The van der Waals surface area contributed by atoms with Gasteiger partial charge in [0.2, 0.25) is 0 Å². The third-order valence-electron chi connectivity index (χ3n) is 11.3. The van der Waals surface area contributed by atoms with Crippen LogP contribution in [0.5, 0.6) is 0 Å². The molecule has 0 spiro atoms. The van der Waals surface area contributed by atoms with Crippen molar-refractivity contribution < 1.29 is 14.3 Å². The Morgan fingerprint density at radius 2 is 1.52 bits per heavy atom. The van der Waals surface area contributed by atoms with E-state index in [0.29, 0.717) is 30.1 Å². The highest BCUT2D eigenvalue weighted by atomic mass is 16.5. The molecule has 0 radical (unpaired) electrons. The summed E-state index contributed by atoms with van der Waals surface area (Å²) < 4.78 is 6.28. The second kappa shape index (κ2) is 11.1. The number of aromatic amines is 1. The number of anilines is 1. The molecular formula is C34H47N3O3. The van der Waals surface area contributed by atoms with E-state index in [0.717, 1.165) is 67.0 Å². The number of hydrogen-bond donors (Lipinski definition) is 2. The number of nitrogens with one attached hydrogen (secondary N) is 2. The van der Waals surface area contributed by atoms with Crippen molar-refractivity contribution in [2.75, 3.05) is 5.32 Å². The Morgan fingerprint density at radius 3 is 2.17 bits per heavy atom. The molecule has 0 aliphatic heterocycles. The monoisotopic (exact) mass is 545 g/mol. The Kier molecular flexibility index (Phi) is 7.38. The average molecular weight is 546 g/mol. The number of amides is 1. The van der Waals surface area contributed by atoms with Gasteiger partial charge in [-0.3, -0.25) is 9.59 Å². The molecule has 6 aliphatic rings. The van der Waals surface area contributed by atoms with Crippen LogP contribution in [0.15, 0.2) is 18.2 Å². The topological polar surface area (TPSA) is 84.1 Å². The lowest BCUT2D eigenvalue weighted by Crippen LogP contribution is -2.56. The Bertz CT molecular complexity index is 1190. The summed E-state index contributed by atoms with van der Waals surface area (Å²) in [7, 11) is 0. The van der Waals surface area contributed by atoms with Gasteiger partial charge in [0.1, 0.15) is 5.82 Å². The van der Waals surface area contributed by atoms with Crippen molar-refractivity contribution in [3.63, 3.8) is 0 Å². The summed E-state index contributed by atoms with van der Waals surface area (Å²) in [6.07, 6.45) is 20.2. The first kappa shape index (κ1) is 26.5. The number of imidazole rings is 1. The van der Waals surface area contributed by atoms with E-state index in [2.05, 4.69) is 10.3 Å². The summed E-state index contributed by atoms with van der Waals surface area (Å²) in [5.41, 5.74) is 2.46. The molecule has 8 rings (SSSR count).